The van der Waals surface area contributed by atoms with Crippen molar-refractivity contribution in [3.63, 3.8) is 0 Å². The fourth-order valence-corrected chi connectivity index (χ4v) is 5.59. The summed E-state index contributed by atoms with van der Waals surface area (Å²) in [7, 11) is 0. The molecule has 0 aliphatic carbocycles. The van der Waals surface area contributed by atoms with Crippen molar-refractivity contribution in [3.05, 3.63) is 65.2 Å². The number of rotatable bonds is 6. The Labute approximate surface area is 172 Å². The molecular weight excluding hydrogens is 398 g/mol. The molecule has 7 heteroatoms. The van der Waals surface area contributed by atoms with Crippen LogP contribution in [0.5, 0.6) is 5.75 Å². The zero-order chi connectivity index (χ0) is 19.6. The zero-order valence-corrected chi connectivity index (χ0v) is 16.7. The van der Waals surface area contributed by atoms with E-state index in [2.05, 4.69) is 0 Å². The van der Waals surface area contributed by atoms with Gasteiger partial charge in [-0.25, -0.2) is 4.79 Å². The molecule has 0 N–H and O–H groups in total. The molecule has 0 radical (unpaired) electrons. The molecule has 146 valence electrons. The van der Waals surface area contributed by atoms with Gasteiger partial charge in [-0.05, 0) is 24.1 Å². The van der Waals surface area contributed by atoms with Crippen LogP contribution in [-0.4, -0.2) is 41.8 Å². The average molecular weight is 418 g/mol. The Balaban J connectivity index is 1.38. The van der Waals surface area contributed by atoms with Crippen molar-refractivity contribution >= 4 is 35.2 Å². The number of amides is 1. The third-order valence-electron chi connectivity index (χ3n) is 5.05. The number of ether oxygens (including phenoxy) is 2. The van der Waals surface area contributed by atoms with Crippen molar-refractivity contribution in [1.29, 1.82) is 0 Å². The minimum atomic E-state index is -0.569. The fourth-order valence-electron chi connectivity index (χ4n) is 3.77. The van der Waals surface area contributed by atoms with Crippen LogP contribution in [0.2, 0.25) is 5.02 Å². The largest absolute Gasteiger partial charge is 0.488 e. The summed E-state index contributed by atoms with van der Waals surface area (Å²) in [5.41, 5.74) is 1.06. The lowest BCUT2D eigenvalue weighted by Crippen LogP contribution is -2.46. The number of benzene rings is 2. The predicted octanol–water partition coefficient (Wildman–Crippen LogP) is 3.85. The molecule has 2 aliphatic heterocycles. The van der Waals surface area contributed by atoms with Gasteiger partial charge in [0.2, 0.25) is 5.91 Å². The molecule has 2 aliphatic rings. The van der Waals surface area contributed by atoms with E-state index in [1.165, 1.54) is 0 Å². The second-order valence-electron chi connectivity index (χ2n) is 6.69. The molecule has 2 saturated heterocycles. The molecule has 2 heterocycles. The number of hydrogen-bond donors (Lipinski definition) is 0. The van der Waals surface area contributed by atoms with Gasteiger partial charge in [0.25, 0.3) is 0 Å². The highest BCUT2D eigenvalue weighted by atomic mass is 35.5. The molecule has 2 atom stereocenters. The molecule has 2 fully saturated rings. The van der Waals surface area contributed by atoms with Crippen LogP contribution < -0.4 is 4.74 Å². The maximum absolute atomic E-state index is 12.7. The molecule has 0 aromatic heterocycles. The Kier molecular flexibility index (Phi) is 5.51. The van der Waals surface area contributed by atoms with Crippen LogP contribution in [0, 0.1) is 0 Å². The minimum absolute atomic E-state index is 0.00289. The van der Waals surface area contributed by atoms with Gasteiger partial charge in [-0.1, -0.05) is 54.1 Å². The summed E-state index contributed by atoms with van der Waals surface area (Å²) in [6.07, 6.45) is 1.15. The smallest absolute Gasteiger partial charge is 0.329 e. The number of para-hydroxylation sites is 1. The van der Waals surface area contributed by atoms with E-state index in [-0.39, 0.29) is 25.1 Å². The van der Waals surface area contributed by atoms with Crippen molar-refractivity contribution in [1.82, 2.24) is 4.90 Å². The van der Waals surface area contributed by atoms with Gasteiger partial charge in [0.05, 0.1) is 5.02 Å². The third-order valence-corrected chi connectivity index (χ3v) is 6.95. The van der Waals surface area contributed by atoms with Gasteiger partial charge in [-0.3, -0.25) is 4.79 Å². The number of nitrogens with zero attached hydrogens (tertiary/aromatic N) is 1. The van der Waals surface area contributed by atoms with Crippen molar-refractivity contribution in [2.24, 2.45) is 0 Å². The zero-order valence-electron chi connectivity index (χ0n) is 15.2. The second-order valence-corrected chi connectivity index (χ2v) is 8.39. The summed E-state index contributed by atoms with van der Waals surface area (Å²) in [6, 6.07) is 16.5. The van der Waals surface area contributed by atoms with Crippen molar-refractivity contribution in [3.8, 4) is 5.75 Å². The van der Waals surface area contributed by atoms with Gasteiger partial charge in [0.1, 0.15) is 29.9 Å². The van der Waals surface area contributed by atoms with Crippen LogP contribution in [0.15, 0.2) is 54.6 Å². The molecule has 1 amide bonds. The Bertz CT molecular complexity index is 878. The monoisotopic (exact) mass is 417 g/mol. The first-order valence-electron chi connectivity index (χ1n) is 9.17. The third kappa shape index (κ3) is 3.47. The maximum atomic E-state index is 12.7. The van der Waals surface area contributed by atoms with E-state index < -0.39 is 10.9 Å². The molecule has 2 aromatic carbocycles. The molecule has 5 nitrogen and oxygen atoms in total. The van der Waals surface area contributed by atoms with E-state index >= 15 is 0 Å². The first-order valence-corrected chi connectivity index (χ1v) is 10.5. The van der Waals surface area contributed by atoms with Crippen molar-refractivity contribution in [2.75, 3.05) is 19.0 Å². The SMILES string of the molecule is O=C(OCCOc1ccccc1Cl)[C@@H]1CS[C@]2(c3ccccc3)CCC(=O)N12. The number of thioether (sulfide) groups is 1. The Morgan fingerprint density at radius 2 is 1.89 bits per heavy atom. The lowest BCUT2D eigenvalue weighted by Gasteiger charge is -2.33. The van der Waals surface area contributed by atoms with E-state index in [0.717, 1.165) is 5.56 Å². The van der Waals surface area contributed by atoms with Gasteiger partial charge < -0.3 is 14.4 Å². The van der Waals surface area contributed by atoms with Gasteiger partial charge in [0.15, 0.2) is 0 Å². The van der Waals surface area contributed by atoms with E-state index in [1.54, 1.807) is 28.8 Å². The first-order chi connectivity index (χ1) is 13.6. The molecular formula is C21H20ClNO4S. The summed E-state index contributed by atoms with van der Waals surface area (Å²) >= 11 is 7.69. The Hall–Kier alpha value is -2.18. The maximum Gasteiger partial charge on any atom is 0.329 e. The number of esters is 1. The molecule has 0 unspecified atom stereocenters. The second kappa shape index (κ2) is 8.05. The summed E-state index contributed by atoms with van der Waals surface area (Å²) in [6.45, 7) is 0.304. The summed E-state index contributed by atoms with van der Waals surface area (Å²) in [4.78, 5) is 26.5. The number of carbonyl (C=O) groups excluding carboxylic acids is 2. The highest BCUT2D eigenvalue weighted by Crippen LogP contribution is 2.54. The van der Waals surface area contributed by atoms with Crippen LogP contribution in [0.3, 0.4) is 0 Å². The van der Waals surface area contributed by atoms with E-state index in [9.17, 15) is 9.59 Å². The molecule has 28 heavy (non-hydrogen) atoms. The van der Waals surface area contributed by atoms with Gasteiger partial charge in [0, 0.05) is 12.2 Å². The number of fused-ring (bicyclic) bond motifs is 1. The van der Waals surface area contributed by atoms with Crippen LogP contribution >= 0.6 is 23.4 Å². The molecule has 2 aromatic rings. The fraction of sp³-hybridized carbons (Fsp3) is 0.333. The lowest BCUT2D eigenvalue weighted by atomic mass is 10.0. The molecule has 0 bridgehead atoms. The van der Waals surface area contributed by atoms with E-state index in [4.69, 9.17) is 21.1 Å². The van der Waals surface area contributed by atoms with Crippen LogP contribution in [0.4, 0.5) is 0 Å². The summed E-state index contributed by atoms with van der Waals surface area (Å²) < 4.78 is 11.0. The molecule has 0 spiro atoms. The average Bonchev–Trinajstić information content (AvgIpc) is 3.26. The van der Waals surface area contributed by atoms with Gasteiger partial charge >= 0.3 is 5.97 Å². The number of halogens is 1. The Morgan fingerprint density at radius 3 is 2.68 bits per heavy atom. The van der Waals surface area contributed by atoms with Crippen LogP contribution in [-0.2, 0) is 19.2 Å². The van der Waals surface area contributed by atoms with Gasteiger partial charge in [-0.15, -0.1) is 11.8 Å². The quantitative estimate of drug-likeness (QED) is 0.527. The predicted molar refractivity (Wildman–Crippen MR) is 108 cm³/mol. The van der Waals surface area contributed by atoms with Crippen LogP contribution in [0.25, 0.3) is 0 Å². The highest BCUT2D eigenvalue weighted by Gasteiger charge is 2.57. The van der Waals surface area contributed by atoms with Gasteiger partial charge in [-0.2, -0.15) is 0 Å². The van der Waals surface area contributed by atoms with E-state index in [0.29, 0.717) is 29.4 Å². The summed E-state index contributed by atoms with van der Waals surface area (Å²) in [5, 5.41) is 0.510. The number of hydrogen-bond acceptors (Lipinski definition) is 5. The minimum Gasteiger partial charge on any atom is -0.488 e. The summed E-state index contributed by atoms with van der Waals surface area (Å²) in [5.74, 6) is 0.700. The molecule has 0 saturated carbocycles. The van der Waals surface area contributed by atoms with Crippen molar-refractivity contribution in [2.45, 2.75) is 23.8 Å². The topological polar surface area (TPSA) is 55.8 Å². The number of carbonyl (C=O) groups is 2. The first kappa shape index (κ1) is 19.2. The normalized spacial score (nSPS) is 23.5. The highest BCUT2D eigenvalue weighted by molar-refractivity contribution is 8.00. The lowest BCUT2D eigenvalue weighted by molar-refractivity contribution is -0.154. The van der Waals surface area contributed by atoms with E-state index in [1.807, 2.05) is 42.5 Å². The Morgan fingerprint density at radius 1 is 1.14 bits per heavy atom. The standard InChI is InChI=1S/C21H20ClNO4S/c22-16-8-4-5-9-18(16)26-12-13-27-20(25)17-14-28-21(11-10-19(24)23(17)21)15-6-2-1-3-7-15/h1-9,17H,10-14H2/t17-,21-/m0/s1. The van der Waals surface area contributed by atoms with Crippen molar-refractivity contribution < 1.29 is 19.1 Å². The van der Waals surface area contributed by atoms with Crippen LogP contribution in [0.1, 0.15) is 18.4 Å². The molecule has 4 rings (SSSR count).